The van der Waals surface area contributed by atoms with E-state index in [9.17, 15) is 0 Å². The van der Waals surface area contributed by atoms with Gasteiger partial charge >= 0.3 is 0 Å². The number of nitrogens with two attached hydrogens (primary N) is 1. The molecule has 0 amide bonds. The highest BCUT2D eigenvalue weighted by Crippen LogP contribution is 2.18. The summed E-state index contributed by atoms with van der Waals surface area (Å²) in [5, 5.41) is 8.72. The van der Waals surface area contributed by atoms with Gasteiger partial charge in [-0.1, -0.05) is 0 Å². The van der Waals surface area contributed by atoms with Crippen LogP contribution in [0.5, 0.6) is 0 Å². The molecule has 1 fully saturated rings. The zero-order valence-corrected chi connectivity index (χ0v) is 11.4. The molecular formula is C12H16N6S. The molecule has 0 atom stereocenters. The van der Waals surface area contributed by atoms with Crippen LogP contribution >= 0.6 is 11.3 Å². The van der Waals surface area contributed by atoms with Gasteiger partial charge in [-0.3, -0.25) is 4.90 Å². The molecule has 19 heavy (non-hydrogen) atoms. The predicted octanol–water partition coefficient (Wildman–Crippen LogP) is 0.837. The molecule has 0 unspecified atom stereocenters. The highest BCUT2D eigenvalue weighted by Gasteiger charge is 2.18. The van der Waals surface area contributed by atoms with Gasteiger partial charge in [0.2, 0.25) is 0 Å². The molecule has 0 bridgehead atoms. The van der Waals surface area contributed by atoms with Crippen LogP contribution in [0, 0.1) is 0 Å². The van der Waals surface area contributed by atoms with Crippen molar-refractivity contribution in [2.24, 2.45) is 0 Å². The van der Waals surface area contributed by atoms with Crippen LogP contribution in [-0.2, 0) is 6.54 Å². The maximum atomic E-state index is 5.65. The highest BCUT2D eigenvalue weighted by molar-refractivity contribution is 7.15. The molecule has 2 aromatic rings. The number of nitrogen functional groups attached to an aromatic ring is 1. The Labute approximate surface area is 115 Å². The zero-order valence-electron chi connectivity index (χ0n) is 10.6. The third-order valence-corrected chi connectivity index (χ3v) is 4.02. The summed E-state index contributed by atoms with van der Waals surface area (Å²) in [5.41, 5.74) is 5.65. The first-order valence-corrected chi connectivity index (χ1v) is 7.08. The Hall–Kier alpha value is -1.73. The average molecular weight is 276 g/mol. The lowest BCUT2D eigenvalue weighted by Crippen LogP contribution is -2.46. The first-order chi connectivity index (χ1) is 9.31. The second-order valence-electron chi connectivity index (χ2n) is 4.51. The van der Waals surface area contributed by atoms with Crippen molar-refractivity contribution in [3.63, 3.8) is 0 Å². The van der Waals surface area contributed by atoms with Gasteiger partial charge in [0.15, 0.2) is 10.9 Å². The summed E-state index contributed by atoms with van der Waals surface area (Å²) >= 11 is 1.57. The number of aromatic nitrogens is 3. The third-order valence-electron chi connectivity index (χ3n) is 3.21. The van der Waals surface area contributed by atoms with E-state index in [1.807, 2.05) is 18.3 Å². The van der Waals surface area contributed by atoms with E-state index in [-0.39, 0.29) is 0 Å². The number of hydrogen-bond acceptors (Lipinski definition) is 7. The van der Waals surface area contributed by atoms with Crippen molar-refractivity contribution >= 4 is 22.3 Å². The van der Waals surface area contributed by atoms with E-state index in [0.29, 0.717) is 5.13 Å². The van der Waals surface area contributed by atoms with Crippen molar-refractivity contribution in [2.75, 3.05) is 36.8 Å². The van der Waals surface area contributed by atoms with Crippen LogP contribution in [-0.4, -0.2) is 46.3 Å². The Bertz CT molecular complexity index is 520. The van der Waals surface area contributed by atoms with Crippen molar-refractivity contribution in [3.8, 4) is 0 Å². The van der Waals surface area contributed by atoms with Crippen LogP contribution in [0.25, 0.3) is 0 Å². The molecule has 100 valence electrons. The van der Waals surface area contributed by atoms with Gasteiger partial charge in [0.1, 0.15) is 0 Å². The second-order valence-corrected chi connectivity index (χ2v) is 5.66. The molecular weight excluding hydrogens is 260 g/mol. The van der Waals surface area contributed by atoms with Crippen molar-refractivity contribution in [3.05, 3.63) is 29.4 Å². The van der Waals surface area contributed by atoms with Gasteiger partial charge in [0.05, 0.1) is 0 Å². The van der Waals surface area contributed by atoms with Crippen LogP contribution in [0.15, 0.2) is 24.5 Å². The first-order valence-electron chi connectivity index (χ1n) is 6.26. The Morgan fingerprint density at radius 1 is 1.26 bits per heavy atom. The molecule has 3 rings (SSSR count). The summed E-state index contributed by atoms with van der Waals surface area (Å²) in [6.45, 7) is 4.94. The normalized spacial score (nSPS) is 16.7. The van der Waals surface area contributed by atoms with E-state index < -0.39 is 0 Å². The molecule has 0 spiro atoms. The van der Waals surface area contributed by atoms with E-state index >= 15 is 0 Å². The fourth-order valence-electron chi connectivity index (χ4n) is 2.21. The maximum absolute atomic E-state index is 5.65. The van der Waals surface area contributed by atoms with Crippen LogP contribution < -0.4 is 10.6 Å². The lowest BCUT2D eigenvalue weighted by molar-refractivity contribution is 0.251. The highest BCUT2D eigenvalue weighted by atomic mass is 32.1. The fraction of sp³-hybridized carbons (Fsp3) is 0.417. The number of piperazine rings is 1. The molecule has 1 saturated heterocycles. The van der Waals surface area contributed by atoms with Crippen LogP contribution in [0.2, 0.25) is 0 Å². The summed E-state index contributed by atoms with van der Waals surface area (Å²) in [6.07, 6.45) is 3.57. The second kappa shape index (κ2) is 5.50. The SMILES string of the molecule is Nc1ncc(CN2CCN(c3cccnn3)CC2)s1. The van der Waals surface area contributed by atoms with Crippen molar-refractivity contribution in [1.29, 1.82) is 0 Å². The summed E-state index contributed by atoms with van der Waals surface area (Å²) in [6, 6.07) is 3.93. The quantitative estimate of drug-likeness (QED) is 0.895. The van der Waals surface area contributed by atoms with E-state index in [4.69, 9.17) is 5.73 Å². The van der Waals surface area contributed by atoms with E-state index in [0.717, 1.165) is 38.5 Å². The predicted molar refractivity (Wildman–Crippen MR) is 76.0 cm³/mol. The van der Waals surface area contributed by atoms with Crippen LogP contribution in [0.4, 0.5) is 10.9 Å². The number of thiazole rings is 1. The Morgan fingerprint density at radius 3 is 2.74 bits per heavy atom. The Kier molecular flexibility index (Phi) is 3.56. The minimum Gasteiger partial charge on any atom is -0.375 e. The lowest BCUT2D eigenvalue weighted by atomic mass is 10.3. The molecule has 2 aromatic heterocycles. The summed E-state index contributed by atoms with van der Waals surface area (Å²) in [4.78, 5) is 10.00. The van der Waals surface area contributed by atoms with Crippen molar-refractivity contribution < 1.29 is 0 Å². The third kappa shape index (κ3) is 2.99. The molecule has 1 aliphatic heterocycles. The molecule has 0 saturated carbocycles. The Morgan fingerprint density at radius 2 is 2.11 bits per heavy atom. The minimum atomic E-state index is 0.646. The van der Waals surface area contributed by atoms with Gasteiger partial charge in [-0.25, -0.2) is 4.98 Å². The largest absolute Gasteiger partial charge is 0.375 e. The van der Waals surface area contributed by atoms with E-state index in [2.05, 4.69) is 25.0 Å². The van der Waals surface area contributed by atoms with Crippen LogP contribution in [0.3, 0.4) is 0 Å². The molecule has 0 aromatic carbocycles. The smallest absolute Gasteiger partial charge is 0.180 e. The molecule has 1 aliphatic rings. The van der Waals surface area contributed by atoms with Gasteiger partial charge in [0, 0.05) is 50.0 Å². The van der Waals surface area contributed by atoms with Gasteiger partial charge in [-0.2, -0.15) is 5.10 Å². The number of hydrogen-bond donors (Lipinski definition) is 1. The van der Waals surface area contributed by atoms with E-state index in [1.165, 1.54) is 4.88 Å². The standard InChI is InChI=1S/C12H16N6S/c13-12-14-8-10(19-12)9-17-4-6-18(7-5-17)11-2-1-3-15-16-11/h1-3,8H,4-7,9H2,(H2,13,14). The maximum Gasteiger partial charge on any atom is 0.180 e. The summed E-state index contributed by atoms with van der Waals surface area (Å²) in [7, 11) is 0. The average Bonchev–Trinajstić information content (AvgIpc) is 2.86. The zero-order chi connectivity index (χ0) is 13.1. The molecule has 3 heterocycles. The van der Waals surface area contributed by atoms with Crippen LogP contribution in [0.1, 0.15) is 4.88 Å². The van der Waals surface area contributed by atoms with E-state index in [1.54, 1.807) is 17.5 Å². The van der Waals surface area contributed by atoms with Gasteiger partial charge in [0.25, 0.3) is 0 Å². The molecule has 0 aliphatic carbocycles. The monoisotopic (exact) mass is 276 g/mol. The molecule has 6 nitrogen and oxygen atoms in total. The van der Waals surface area contributed by atoms with Gasteiger partial charge in [-0.15, -0.1) is 16.4 Å². The topological polar surface area (TPSA) is 71.2 Å². The molecule has 0 radical (unpaired) electrons. The Balaban J connectivity index is 1.55. The van der Waals surface area contributed by atoms with Gasteiger partial charge < -0.3 is 10.6 Å². The summed E-state index contributed by atoms with van der Waals surface area (Å²) in [5.74, 6) is 0.962. The van der Waals surface area contributed by atoms with Crippen molar-refractivity contribution in [1.82, 2.24) is 20.1 Å². The number of rotatable bonds is 3. The molecule has 2 N–H and O–H groups in total. The number of nitrogens with zero attached hydrogens (tertiary/aromatic N) is 5. The minimum absolute atomic E-state index is 0.646. The van der Waals surface area contributed by atoms with Crippen molar-refractivity contribution in [2.45, 2.75) is 6.54 Å². The number of anilines is 2. The fourth-order valence-corrected chi connectivity index (χ4v) is 2.94. The van der Waals surface area contributed by atoms with Gasteiger partial charge in [-0.05, 0) is 12.1 Å². The first kappa shape index (κ1) is 12.3. The summed E-state index contributed by atoms with van der Waals surface area (Å²) < 4.78 is 0. The molecule has 7 heteroatoms. The lowest BCUT2D eigenvalue weighted by Gasteiger charge is -2.34.